The highest BCUT2D eigenvalue weighted by Crippen LogP contribution is 2.37. The van der Waals surface area contributed by atoms with Gasteiger partial charge in [-0.3, -0.25) is 4.99 Å². The summed E-state index contributed by atoms with van der Waals surface area (Å²) >= 11 is 0. The van der Waals surface area contributed by atoms with E-state index in [9.17, 15) is 18.0 Å². The minimum atomic E-state index is -4.52. The van der Waals surface area contributed by atoms with Crippen molar-refractivity contribution >= 4 is 17.8 Å². The van der Waals surface area contributed by atoms with Gasteiger partial charge in [0.25, 0.3) is 0 Å². The van der Waals surface area contributed by atoms with Gasteiger partial charge in [-0.2, -0.15) is 13.2 Å². The van der Waals surface area contributed by atoms with Gasteiger partial charge in [-0.15, -0.1) is 0 Å². The fourth-order valence-electron chi connectivity index (χ4n) is 3.00. The third-order valence-corrected chi connectivity index (χ3v) is 4.62. The van der Waals surface area contributed by atoms with Crippen LogP contribution in [0.1, 0.15) is 27.3 Å². The number of aromatic nitrogens is 2. The van der Waals surface area contributed by atoms with Crippen molar-refractivity contribution in [3.63, 3.8) is 0 Å². The Morgan fingerprint density at radius 3 is 2.34 bits per heavy atom. The molecule has 0 saturated carbocycles. The molecule has 0 bridgehead atoms. The van der Waals surface area contributed by atoms with Gasteiger partial charge < -0.3 is 9.47 Å². The van der Waals surface area contributed by atoms with Crippen molar-refractivity contribution in [3.05, 3.63) is 77.6 Å². The van der Waals surface area contributed by atoms with Crippen molar-refractivity contribution < 1.29 is 27.4 Å². The van der Waals surface area contributed by atoms with E-state index < -0.39 is 17.7 Å². The lowest BCUT2D eigenvalue weighted by atomic mass is 10.0. The molecule has 3 aromatic rings. The molecular formula is C23H16F3N3O3. The van der Waals surface area contributed by atoms with Crippen molar-refractivity contribution in [2.75, 3.05) is 13.7 Å². The van der Waals surface area contributed by atoms with Gasteiger partial charge in [0.1, 0.15) is 11.5 Å². The maximum Gasteiger partial charge on any atom is 0.417 e. The van der Waals surface area contributed by atoms with Crippen LogP contribution in [0.15, 0.2) is 60.1 Å². The zero-order valence-electron chi connectivity index (χ0n) is 16.8. The number of carbonyl (C=O) groups is 1. The molecule has 0 fully saturated rings. The number of esters is 1. The number of aliphatic imine (C=N–C) groups is 1. The van der Waals surface area contributed by atoms with Gasteiger partial charge in [-0.1, -0.05) is 6.58 Å². The molecule has 0 spiro atoms. The van der Waals surface area contributed by atoms with Crippen LogP contribution >= 0.6 is 0 Å². The summed E-state index contributed by atoms with van der Waals surface area (Å²) in [5.41, 5.74) is 0.808. The normalized spacial score (nSPS) is 12.7. The second-order valence-electron chi connectivity index (χ2n) is 6.79. The summed E-state index contributed by atoms with van der Waals surface area (Å²) in [7, 11) is 1.25. The number of ether oxygens (including phenoxy) is 2. The fraction of sp³-hybridized carbons (Fsp3) is 0.130. The Labute approximate surface area is 181 Å². The number of rotatable bonds is 6. The van der Waals surface area contributed by atoms with E-state index >= 15 is 0 Å². The molecule has 0 amide bonds. The van der Waals surface area contributed by atoms with Crippen molar-refractivity contribution in [2.24, 2.45) is 4.99 Å². The highest BCUT2D eigenvalue weighted by molar-refractivity contribution is 6.11. The van der Waals surface area contributed by atoms with Gasteiger partial charge >= 0.3 is 12.1 Å². The predicted octanol–water partition coefficient (Wildman–Crippen LogP) is 5.19. The maximum absolute atomic E-state index is 13.4. The number of methoxy groups -OCH3 is 1. The van der Waals surface area contributed by atoms with Crippen LogP contribution in [0.3, 0.4) is 0 Å². The molecule has 162 valence electrons. The first-order valence-electron chi connectivity index (χ1n) is 9.41. The lowest BCUT2D eigenvalue weighted by molar-refractivity contribution is -0.137. The number of hydrogen-bond donors (Lipinski definition) is 0. The third-order valence-electron chi connectivity index (χ3n) is 4.62. The molecule has 1 aliphatic rings. The second kappa shape index (κ2) is 8.26. The molecule has 4 rings (SSSR count). The molecule has 32 heavy (non-hydrogen) atoms. The first-order valence-corrected chi connectivity index (χ1v) is 9.41. The molecule has 0 unspecified atom stereocenters. The predicted molar refractivity (Wildman–Crippen MR) is 112 cm³/mol. The average Bonchev–Trinajstić information content (AvgIpc) is 3.63. The largest absolute Gasteiger partial charge is 0.464 e. The highest BCUT2D eigenvalue weighted by atomic mass is 19.4. The minimum Gasteiger partial charge on any atom is -0.464 e. The number of benzene rings is 2. The summed E-state index contributed by atoms with van der Waals surface area (Å²) < 4.78 is 50.5. The van der Waals surface area contributed by atoms with Crippen LogP contribution in [0.5, 0.6) is 11.5 Å². The Morgan fingerprint density at radius 1 is 1.06 bits per heavy atom. The quantitative estimate of drug-likeness (QED) is 0.495. The summed E-state index contributed by atoms with van der Waals surface area (Å²) in [4.78, 5) is 24.2. The second-order valence-corrected chi connectivity index (χ2v) is 6.79. The number of nitrogens with zero attached hydrogens (tertiary/aromatic N) is 3. The lowest BCUT2D eigenvalue weighted by Crippen LogP contribution is -2.10. The molecule has 0 saturated heterocycles. The molecule has 0 atom stereocenters. The van der Waals surface area contributed by atoms with Gasteiger partial charge in [0.15, 0.2) is 11.5 Å². The van der Waals surface area contributed by atoms with E-state index in [1.54, 1.807) is 24.3 Å². The Balaban J connectivity index is 1.60. The molecule has 0 N–H and O–H groups in total. The average molecular weight is 439 g/mol. The van der Waals surface area contributed by atoms with Gasteiger partial charge in [0, 0.05) is 11.1 Å². The number of alkyl halides is 3. The molecule has 2 aromatic carbocycles. The number of halogens is 3. The lowest BCUT2D eigenvalue weighted by Gasteiger charge is -2.13. The SMILES string of the molecule is C=Cc1cc(C(=O)OC)nc(-c2ccc(Oc3ccc(C4=NC4)c(C(F)(F)F)c3)cc2)n1. The Bertz CT molecular complexity index is 1240. The molecule has 0 aliphatic carbocycles. The molecule has 0 radical (unpaired) electrons. The monoisotopic (exact) mass is 439 g/mol. The Morgan fingerprint density at radius 2 is 1.75 bits per heavy atom. The maximum atomic E-state index is 13.4. The molecule has 1 aliphatic heterocycles. The van der Waals surface area contributed by atoms with E-state index in [4.69, 9.17) is 9.47 Å². The van der Waals surface area contributed by atoms with Crippen molar-refractivity contribution in [3.8, 4) is 22.9 Å². The van der Waals surface area contributed by atoms with Gasteiger partial charge in [-0.25, -0.2) is 14.8 Å². The summed E-state index contributed by atoms with van der Waals surface area (Å²) in [6.45, 7) is 3.97. The zero-order chi connectivity index (χ0) is 22.9. The van der Waals surface area contributed by atoms with E-state index in [1.165, 1.54) is 31.4 Å². The molecule has 1 aromatic heterocycles. The van der Waals surface area contributed by atoms with Crippen LogP contribution < -0.4 is 4.74 Å². The van der Waals surface area contributed by atoms with Gasteiger partial charge in [0.2, 0.25) is 0 Å². The van der Waals surface area contributed by atoms with Crippen LogP contribution in [0, 0.1) is 0 Å². The highest BCUT2D eigenvalue weighted by Gasteiger charge is 2.36. The van der Waals surface area contributed by atoms with Crippen LogP contribution in [-0.2, 0) is 10.9 Å². The zero-order valence-corrected chi connectivity index (χ0v) is 16.8. The molecule has 9 heteroatoms. The van der Waals surface area contributed by atoms with Crippen LogP contribution in [0.2, 0.25) is 0 Å². The fourth-order valence-corrected chi connectivity index (χ4v) is 3.00. The molecule has 2 heterocycles. The van der Waals surface area contributed by atoms with Gasteiger partial charge in [-0.05, 0) is 54.6 Å². The molecular weight excluding hydrogens is 423 g/mol. The van der Waals surface area contributed by atoms with E-state index in [1.807, 2.05) is 0 Å². The van der Waals surface area contributed by atoms with E-state index in [0.29, 0.717) is 29.3 Å². The first kappa shape index (κ1) is 21.2. The van der Waals surface area contributed by atoms with E-state index in [2.05, 4.69) is 21.5 Å². The standard InChI is InChI=1S/C23H16F3N3O3/c1-3-14-10-19(22(30)31-2)29-21(28-14)13-4-6-15(7-5-13)32-16-8-9-17(20-12-27-20)18(11-16)23(24,25)26/h3-11H,1,12H2,2H3. The summed E-state index contributed by atoms with van der Waals surface area (Å²) in [6.07, 6.45) is -3.04. The van der Waals surface area contributed by atoms with E-state index in [-0.39, 0.29) is 22.8 Å². The van der Waals surface area contributed by atoms with Crippen LogP contribution in [0.4, 0.5) is 13.2 Å². The number of hydrogen-bond acceptors (Lipinski definition) is 6. The summed E-state index contributed by atoms with van der Waals surface area (Å²) in [5.74, 6) is 0.0282. The van der Waals surface area contributed by atoms with Crippen molar-refractivity contribution in [1.82, 2.24) is 9.97 Å². The Kier molecular flexibility index (Phi) is 5.48. The topological polar surface area (TPSA) is 73.7 Å². The van der Waals surface area contributed by atoms with E-state index in [0.717, 1.165) is 6.07 Å². The van der Waals surface area contributed by atoms with Crippen LogP contribution in [-0.4, -0.2) is 35.3 Å². The summed E-state index contributed by atoms with van der Waals surface area (Å²) in [5, 5.41) is 0. The first-order chi connectivity index (χ1) is 15.3. The summed E-state index contributed by atoms with van der Waals surface area (Å²) in [6, 6.07) is 11.7. The molecule has 6 nitrogen and oxygen atoms in total. The number of carbonyl (C=O) groups excluding carboxylic acids is 1. The van der Waals surface area contributed by atoms with Crippen molar-refractivity contribution in [2.45, 2.75) is 6.18 Å². The van der Waals surface area contributed by atoms with Gasteiger partial charge in [0.05, 0.1) is 30.6 Å². The smallest absolute Gasteiger partial charge is 0.417 e. The van der Waals surface area contributed by atoms with Crippen LogP contribution in [0.25, 0.3) is 17.5 Å². The third kappa shape index (κ3) is 4.51. The van der Waals surface area contributed by atoms with Crippen molar-refractivity contribution in [1.29, 1.82) is 0 Å². The Hall–Kier alpha value is -4.01. The minimum absolute atomic E-state index is 0.0490.